The van der Waals surface area contributed by atoms with E-state index in [0.717, 1.165) is 12.0 Å². The minimum atomic E-state index is -0.474. The first kappa shape index (κ1) is 17.8. The summed E-state index contributed by atoms with van der Waals surface area (Å²) in [5.74, 6) is 0.399. The lowest BCUT2D eigenvalue weighted by atomic mass is 10.2. The summed E-state index contributed by atoms with van der Waals surface area (Å²) in [6.45, 7) is 3.03. The van der Waals surface area contributed by atoms with Crippen molar-refractivity contribution in [3.8, 4) is 5.88 Å². The quantitative estimate of drug-likeness (QED) is 0.516. The van der Waals surface area contributed by atoms with E-state index >= 15 is 0 Å². The zero-order valence-electron chi connectivity index (χ0n) is 14.3. The Kier molecular flexibility index (Phi) is 5.43. The molecule has 2 aromatic heterocycles. The first-order valence-corrected chi connectivity index (χ1v) is 8.67. The highest BCUT2D eigenvalue weighted by molar-refractivity contribution is 7.71. The Morgan fingerprint density at radius 1 is 1.31 bits per heavy atom. The van der Waals surface area contributed by atoms with Gasteiger partial charge < -0.3 is 5.11 Å². The Hall–Kier alpha value is -3.00. The lowest BCUT2D eigenvalue weighted by Crippen LogP contribution is -2.18. The third-order valence-corrected chi connectivity index (χ3v) is 4.17. The van der Waals surface area contributed by atoms with Crippen molar-refractivity contribution >= 4 is 24.3 Å². The van der Waals surface area contributed by atoms with Crippen LogP contribution < -0.4 is 5.56 Å². The third-order valence-electron chi connectivity index (χ3n) is 3.85. The van der Waals surface area contributed by atoms with Crippen LogP contribution in [0.25, 0.3) is 0 Å². The summed E-state index contributed by atoms with van der Waals surface area (Å²) in [5, 5.41) is 14.6. The van der Waals surface area contributed by atoms with E-state index in [9.17, 15) is 9.90 Å². The Morgan fingerprint density at radius 2 is 2.08 bits per heavy atom. The molecule has 1 aromatic carbocycles. The zero-order chi connectivity index (χ0) is 18.5. The van der Waals surface area contributed by atoms with Crippen LogP contribution in [0, 0.1) is 4.77 Å². The molecule has 134 valence electrons. The molecule has 0 aliphatic heterocycles. The molecule has 0 unspecified atom stereocenters. The maximum absolute atomic E-state index is 12.1. The number of rotatable bonds is 6. The van der Waals surface area contributed by atoms with Gasteiger partial charge in [-0.2, -0.15) is 5.10 Å². The van der Waals surface area contributed by atoms with E-state index in [1.807, 2.05) is 37.3 Å². The predicted octanol–water partition coefficient (Wildman–Crippen LogP) is 3.02. The normalized spacial score (nSPS) is 11.3. The highest BCUT2D eigenvalue weighted by Gasteiger charge is 2.11. The number of hydrogen-bond donors (Lipinski definition) is 2. The van der Waals surface area contributed by atoms with Crippen molar-refractivity contribution in [1.29, 1.82) is 0 Å². The Balaban J connectivity index is 1.92. The summed E-state index contributed by atoms with van der Waals surface area (Å²) in [4.78, 5) is 19.0. The highest BCUT2D eigenvalue weighted by atomic mass is 32.1. The van der Waals surface area contributed by atoms with Gasteiger partial charge >= 0.3 is 0 Å². The van der Waals surface area contributed by atoms with Crippen molar-refractivity contribution in [2.24, 2.45) is 4.99 Å². The fourth-order valence-electron chi connectivity index (χ4n) is 2.57. The van der Waals surface area contributed by atoms with Crippen molar-refractivity contribution in [3.63, 3.8) is 0 Å². The molecule has 0 radical (unpaired) electrons. The number of H-pyrrole nitrogens is 1. The van der Waals surface area contributed by atoms with Gasteiger partial charge in [0.1, 0.15) is 5.56 Å². The van der Waals surface area contributed by atoms with Gasteiger partial charge in [-0.15, -0.1) is 0 Å². The summed E-state index contributed by atoms with van der Waals surface area (Å²) in [5.41, 5.74) is 0.682. The topological polar surface area (TPSA) is 88.2 Å². The zero-order valence-corrected chi connectivity index (χ0v) is 15.1. The molecule has 0 fully saturated rings. The van der Waals surface area contributed by atoms with Gasteiger partial charge in [0.15, 0.2) is 10.6 Å². The number of aromatic nitrogens is 4. The molecule has 3 rings (SSSR count). The van der Waals surface area contributed by atoms with Crippen LogP contribution in [-0.2, 0) is 13.1 Å². The SMILES string of the molecule is CCCn1c(O)c(/C=N/c2ccnn2Cc2ccccc2)c(=O)[nH]c1=S. The smallest absolute Gasteiger partial charge is 0.264 e. The monoisotopic (exact) mass is 369 g/mol. The van der Waals surface area contributed by atoms with Crippen LogP contribution in [0.3, 0.4) is 0 Å². The molecule has 0 aliphatic rings. The molecule has 8 heteroatoms. The molecule has 2 heterocycles. The van der Waals surface area contributed by atoms with Gasteiger partial charge in [0.2, 0.25) is 5.88 Å². The first-order valence-electron chi connectivity index (χ1n) is 8.26. The van der Waals surface area contributed by atoms with Crippen LogP contribution in [0.15, 0.2) is 52.4 Å². The molecule has 0 amide bonds. The fraction of sp³-hybridized carbons (Fsp3) is 0.222. The molecule has 0 spiro atoms. The third kappa shape index (κ3) is 3.80. The predicted molar refractivity (Wildman–Crippen MR) is 103 cm³/mol. The van der Waals surface area contributed by atoms with Gasteiger partial charge in [-0.1, -0.05) is 37.3 Å². The number of nitrogens with zero attached hydrogens (tertiary/aromatic N) is 4. The van der Waals surface area contributed by atoms with Gasteiger partial charge in [-0.05, 0) is 24.2 Å². The van der Waals surface area contributed by atoms with Crippen molar-refractivity contribution < 1.29 is 5.11 Å². The maximum atomic E-state index is 12.1. The summed E-state index contributed by atoms with van der Waals surface area (Å²) in [7, 11) is 0. The Morgan fingerprint density at radius 3 is 2.81 bits per heavy atom. The average Bonchev–Trinajstić information content (AvgIpc) is 3.06. The van der Waals surface area contributed by atoms with Gasteiger partial charge in [-0.25, -0.2) is 9.67 Å². The standard InChI is InChI=1S/C18H19N5O2S/c1-2-10-22-17(25)14(16(24)21-18(22)26)11-19-15-8-9-20-23(15)12-13-6-4-3-5-7-13/h3-9,11,25H,2,10,12H2,1H3,(H,21,24,26)/b19-11+. The first-order chi connectivity index (χ1) is 12.6. The van der Waals surface area contributed by atoms with E-state index in [-0.39, 0.29) is 16.2 Å². The molecule has 26 heavy (non-hydrogen) atoms. The molecule has 0 atom stereocenters. The largest absolute Gasteiger partial charge is 0.494 e. The molecule has 0 aliphatic carbocycles. The average molecular weight is 369 g/mol. The van der Waals surface area contributed by atoms with Crippen LogP contribution in [0.4, 0.5) is 5.82 Å². The lowest BCUT2D eigenvalue weighted by Gasteiger charge is -2.09. The summed E-state index contributed by atoms with van der Waals surface area (Å²) in [6, 6.07) is 11.6. The van der Waals surface area contributed by atoms with Crippen LogP contribution in [0.5, 0.6) is 5.88 Å². The van der Waals surface area contributed by atoms with Gasteiger partial charge in [0.25, 0.3) is 5.56 Å². The molecule has 0 saturated heterocycles. The highest BCUT2D eigenvalue weighted by Crippen LogP contribution is 2.16. The maximum Gasteiger partial charge on any atom is 0.264 e. The molecule has 7 nitrogen and oxygen atoms in total. The second-order valence-corrected chi connectivity index (χ2v) is 6.13. The number of nitrogens with one attached hydrogen (secondary N) is 1. The summed E-state index contributed by atoms with van der Waals surface area (Å²) >= 11 is 5.10. The molecule has 3 aromatic rings. The minimum Gasteiger partial charge on any atom is -0.494 e. The summed E-state index contributed by atoms with van der Waals surface area (Å²) in [6.07, 6.45) is 3.76. The molecule has 0 saturated carbocycles. The van der Waals surface area contributed by atoms with Crippen LogP contribution in [-0.4, -0.2) is 30.7 Å². The van der Waals surface area contributed by atoms with E-state index in [1.54, 1.807) is 16.9 Å². The number of hydrogen-bond acceptors (Lipinski definition) is 5. The number of aliphatic imine (C=N–C) groups is 1. The van der Waals surface area contributed by atoms with Crippen molar-refractivity contribution in [2.45, 2.75) is 26.4 Å². The Bertz CT molecular complexity index is 1030. The second kappa shape index (κ2) is 7.92. The van der Waals surface area contributed by atoms with E-state index in [4.69, 9.17) is 12.2 Å². The summed E-state index contributed by atoms with van der Waals surface area (Å²) < 4.78 is 3.40. The molecular formula is C18H19N5O2S. The minimum absolute atomic E-state index is 0.0690. The molecular weight excluding hydrogens is 350 g/mol. The van der Waals surface area contributed by atoms with Crippen molar-refractivity contribution in [1.82, 2.24) is 19.3 Å². The second-order valence-electron chi connectivity index (χ2n) is 5.74. The van der Waals surface area contributed by atoms with Gasteiger partial charge in [0.05, 0.1) is 12.7 Å². The Labute approximate surface area is 155 Å². The number of aromatic amines is 1. The van der Waals surface area contributed by atoms with Crippen molar-refractivity contribution in [2.75, 3.05) is 0 Å². The van der Waals surface area contributed by atoms with Crippen LogP contribution in [0.2, 0.25) is 0 Å². The molecule has 2 N–H and O–H groups in total. The fourth-order valence-corrected chi connectivity index (χ4v) is 2.84. The van der Waals surface area contributed by atoms with Gasteiger partial charge in [0, 0.05) is 18.8 Å². The van der Waals surface area contributed by atoms with Crippen LogP contribution in [0.1, 0.15) is 24.5 Å². The van der Waals surface area contributed by atoms with E-state index in [0.29, 0.717) is 18.9 Å². The van der Waals surface area contributed by atoms with Gasteiger partial charge in [-0.3, -0.25) is 14.3 Å². The van der Waals surface area contributed by atoms with Crippen molar-refractivity contribution in [3.05, 3.63) is 68.8 Å². The number of benzene rings is 1. The molecule has 0 bridgehead atoms. The van der Waals surface area contributed by atoms with E-state index in [2.05, 4.69) is 15.1 Å². The van der Waals surface area contributed by atoms with E-state index in [1.165, 1.54) is 10.8 Å². The van der Waals surface area contributed by atoms with Crippen LogP contribution >= 0.6 is 12.2 Å². The van der Waals surface area contributed by atoms with E-state index < -0.39 is 5.56 Å². The number of aromatic hydroxyl groups is 1. The lowest BCUT2D eigenvalue weighted by molar-refractivity contribution is 0.402.